The fourth-order valence-electron chi connectivity index (χ4n) is 4.91. The molecule has 2 heterocycles. The van der Waals surface area contributed by atoms with Gasteiger partial charge in [-0.1, -0.05) is 19.3 Å². The maximum Gasteiger partial charge on any atom is 0.263 e. The summed E-state index contributed by atoms with van der Waals surface area (Å²) in [5.74, 6) is 1.11. The van der Waals surface area contributed by atoms with Gasteiger partial charge in [0, 0.05) is 37.9 Å². The molecule has 4 rings (SSSR count). The van der Waals surface area contributed by atoms with Crippen molar-refractivity contribution in [3.63, 3.8) is 0 Å². The van der Waals surface area contributed by atoms with Crippen molar-refractivity contribution < 1.29 is 4.79 Å². The van der Waals surface area contributed by atoms with Gasteiger partial charge in [0.05, 0.1) is 0 Å². The van der Waals surface area contributed by atoms with E-state index in [0.29, 0.717) is 12.0 Å². The highest BCUT2D eigenvalue weighted by Gasteiger charge is 2.44. The zero-order valence-electron chi connectivity index (χ0n) is 16.0. The van der Waals surface area contributed by atoms with Crippen molar-refractivity contribution in [3.05, 3.63) is 33.7 Å². The molecule has 5 nitrogen and oxygen atoms in total. The highest BCUT2D eigenvalue weighted by atomic mass is 16.2. The first-order valence-electron chi connectivity index (χ1n) is 10.3. The van der Waals surface area contributed by atoms with E-state index >= 15 is 0 Å². The summed E-state index contributed by atoms with van der Waals surface area (Å²) in [5, 5.41) is 3.23. The fourth-order valence-corrected chi connectivity index (χ4v) is 4.91. The Labute approximate surface area is 155 Å². The Bertz CT molecular complexity index is 731. The van der Waals surface area contributed by atoms with Gasteiger partial charge in [0.2, 0.25) is 0 Å². The van der Waals surface area contributed by atoms with E-state index in [-0.39, 0.29) is 23.1 Å². The minimum absolute atomic E-state index is 0.183. The summed E-state index contributed by atoms with van der Waals surface area (Å²) in [6.45, 7) is 3.95. The van der Waals surface area contributed by atoms with Crippen molar-refractivity contribution in [2.75, 3.05) is 13.1 Å². The number of hydrogen-bond acceptors (Lipinski definition) is 3. The van der Waals surface area contributed by atoms with Gasteiger partial charge in [0.1, 0.15) is 5.56 Å². The van der Waals surface area contributed by atoms with Crippen molar-refractivity contribution in [1.82, 2.24) is 14.8 Å². The standard InChI is InChI=1S/C21H31N3O2/c1-14-8-11-17(21(26)23(14)2)20(25)22-19-13-24(12-18(19)15-9-10-15)16-6-4-3-5-7-16/h8,11,15-16,18-19H,3-7,9-10,12-13H2,1-2H3,(H,22,25)/t18-,19+/m0/s1. The van der Waals surface area contributed by atoms with Crippen LogP contribution in [0.5, 0.6) is 0 Å². The predicted molar refractivity (Wildman–Crippen MR) is 102 cm³/mol. The molecule has 1 amide bonds. The Kier molecular flexibility index (Phi) is 4.91. The molecule has 0 bridgehead atoms. The Morgan fingerprint density at radius 2 is 1.81 bits per heavy atom. The van der Waals surface area contributed by atoms with Gasteiger partial charge in [-0.3, -0.25) is 14.5 Å². The number of carbonyl (C=O) groups is 1. The minimum atomic E-state index is -0.202. The lowest BCUT2D eigenvalue weighted by atomic mass is 9.94. The van der Waals surface area contributed by atoms with Gasteiger partial charge in [-0.25, -0.2) is 0 Å². The van der Waals surface area contributed by atoms with Crippen LogP contribution in [0.15, 0.2) is 16.9 Å². The molecule has 3 fully saturated rings. The van der Waals surface area contributed by atoms with Crippen molar-refractivity contribution in [2.45, 2.75) is 64.0 Å². The van der Waals surface area contributed by atoms with Gasteiger partial charge < -0.3 is 9.88 Å². The van der Waals surface area contributed by atoms with Crippen LogP contribution in [0, 0.1) is 18.8 Å². The van der Waals surface area contributed by atoms with Gasteiger partial charge in [0.15, 0.2) is 0 Å². The number of aromatic nitrogens is 1. The molecule has 0 spiro atoms. The fraction of sp³-hybridized carbons (Fsp3) is 0.714. The second-order valence-corrected chi connectivity index (χ2v) is 8.58. The average molecular weight is 357 g/mol. The van der Waals surface area contributed by atoms with Gasteiger partial charge in [0.25, 0.3) is 11.5 Å². The van der Waals surface area contributed by atoms with Crippen LogP contribution in [0.4, 0.5) is 0 Å². The SMILES string of the molecule is Cc1ccc(C(=O)N[C@@H]2CN(C3CCCCC3)C[C@H]2C2CC2)c(=O)n1C. The van der Waals surface area contributed by atoms with Crippen LogP contribution in [0.25, 0.3) is 0 Å². The lowest BCUT2D eigenvalue weighted by molar-refractivity contribution is 0.0924. The van der Waals surface area contributed by atoms with Crippen molar-refractivity contribution in [1.29, 1.82) is 0 Å². The first-order chi connectivity index (χ1) is 12.5. The maximum atomic E-state index is 12.8. The Morgan fingerprint density at radius 1 is 1.08 bits per heavy atom. The molecule has 0 aromatic carbocycles. The molecule has 1 aliphatic heterocycles. The summed E-state index contributed by atoms with van der Waals surface area (Å²) >= 11 is 0. The first-order valence-corrected chi connectivity index (χ1v) is 10.3. The lowest BCUT2D eigenvalue weighted by Crippen LogP contribution is -2.44. The number of nitrogens with zero attached hydrogens (tertiary/aromatic N) is 2. The van der Waals surface area contributed by atoms with Crippen molar-refractivity contribution in [3.8, 4) is 0 Å². The number of likely N-dealkylation sites (tertiary alicyclic amines) is 1. The molecule has 26 heavy (non-hydrogen) atoms. The molecular weight excluding hydrogens is 326 g/mol. The lowest BCUT2D eigenvalue weighted by Gasteiger charge is -2.31. The van der Waals surface area contributed by atoms with Crippen LogP contribution in [0.2, 0.25) is 0 Å². The van der Waals surface area contributed by atoms with E-state index in [9.17, 15) is 9.59 Å². The third-order valence-corrected chi connectivity index (χ3v) is 6.83. The number of nitrogens with one attached hydrogen (secondary N) is 1. The molecule has 0 radical (unpaired) electrons. The van der Waals surface area contributed by atoms with E-state index in [1.54, 1.807) is 17.7 Å². The second kappa shape index (κ2) is 7.18. The van der Waals surface area contributed by atoms with Crippen molar-refractivity contribution in [2.24, 2.45) is 18.9 Å². The van der Waals surface area contributed by atoms with Gasteiger partial charge in [-0.05, 0) is 56.6 Å². The number of carbonyl (C=O) groups excluding carboxylic acids is 1. The molecule has 1 saturated heterocycles. The molecule has 1 aromatic rings. The molecule has 0 unspecified atom stereocenters. The average Bonchev–Trinajstić information content (AvgIpc) is 3.41. The first kappa shape index (κ1) is 17.8. The summed E-state index contributed by atoms with van der Waals surface area (Å²) < 4.78 is 1.55. The van der Waals surface area contributed by atoms with E-state index in [2.05, 4.69) is 10.2 Å². The normalized spacial score (nSPS) is 27.6. The van der Waals surface area contributed by atoms with Crippen LogP contribution in [0.3, 0.4) is 0 Å². The van der Waals surface area contributed by atoms with Gasteiger partial charge in [-0.2, -0.15) is 0 Å². The van der Waals surface area contributed by atoms with Crippen LogP contribution < -0.4 is 10.9 Å². The summed E-state index contributed by atoms with van der Waals surface area (Å²) in [7, 11) is 1.72. The molecule has 5 heteroatoms. The summed E-state index contributed by atoms with van der Waals surface area (Å²) in [6, 6.07) is 4.40. The summed E-state index contributed by atoms with van der Waals surface area (Å²) in [6.07, 6.45) is 9.24. The van der Waals surface area contributed by atoms with Crippen LogP contribution in [0.1, 0.15) is 61.0 Å². The molecule has 2 atom stereocenters. The topological polar surface area (TPSA) is 54.3 Å². The number of amides is 1. The van der Waals surface area contributed by atoms with Crippen molar-refractivity contribution >= 4 is 5.91 Å². The second-order valence-electron chi connectivity index (χ2n) is 8.58. The quantitative estimate of drug-likeness (QED) is 0.901. The number of hydrogen-bond donors (Lipinski definition) is 1. The molecular formula is C21H31N3O2. The zero-order valence-corrected chi connectivity index (χ0v) is 16.0. The number of pyridine rings is 1. The van der Waals surface area contributed by atoms with E-state index in [4.69, 9.17) is 0 Å². The molecule has 2 aliphatic carbocycles. The molecule has 142 valence electrons. The Hall–Kier alpha value is -1.62. The molecule has 3 aliphatic rings. The summed E-state index contributed by atoms with van der Waals surface area (Å²) in [4.78, 5) is 27.9. The van der Waals surface area contributed by atoms with Crippen LogP contribution >= 0.6 is 0 Å². The summed E-state index contributed by atoms with van der Waals surface area (Å²) in [5.41, 5.74) is 0.933. The largest absolute Gasteiger partial charge is 0.348 e. The van der Waals surface area contributed by atoms with Gasteiger partial charge in [-0.15, -0.1) is 0 Å². The minimum Gasteiger partial charge on any atom is -0.348 e. The number of aryl methyl sites for hydroxylation is 1. The monoisotopic (exact) mass is 357 g/mol. The number of rotatable bonds is 4. The van der Waals surface area contributed by atoms with E-state index in [1.165, 1.54) is 44.9 Å². The molecule has 1 N–H and O–H groups in total. The highest BCUT2D eigenvalue weighted by Crippen LogP contribution is 2.42. The van der Waals surface area contributed by atoms with Crippen LogP contribution in [-0.2, 0) is 7.05 Å². The van der Waals surface area contributed by atoms with E-state index in [1.807, 2.05) is 13.0 Å². The van der Waals surface area contributed by atoms with Crippen LogP contribution in [-0.4, -0.2) is 40.5 Å². The smallest absolute Gasteiger partial charge is 0.263 e. The zero-order chi connectivity index (χ0) is 18.3. The third-order valence-electron chi connectivity index (χ3n) is 6.83. The highest BCUT2D eigenvalue weighted by molar-refractivity contribution is 5.94. The Balaban J connectivity index is 1.48. The molecule has 2 saturated carbocycles. The predicted octanol–water partition coefficient (Wildman–Crippen LogP) is 2.47. The third kappa shape index (κ3) is 3.46. The van der Waals surface area contributed by atoms with Gasteiger partial charge >= 0.3 is 0 Å². The molecule has 1 aromatic heterocycles. The maximum absolute atomic E-state index is 12.8. The Morgan fingerprint density at radius 3 is 2.50 bits per heavy atom. The van der Waals surface area contributed by atoms with E-state index in [0.717, 1.165) is 24.7 Å². The van der Waals surface area contributed by atoms with E-state index < -0.39 is 0 Å².